The van der Waals surface area contributed by atoms with E-state index in [-0.39, 0.29) is 17.9 Å². The summed E-state index contributed by atoms with van der Waals surface area (Å²) in [6, 6.07) is 7.91. The molecule has 1 saturated carbocycles. The highest BCUT2D eigenvalue weighted by Gasteiger charge is 2.38. The Bertz CT molecular complexity index is 597. The van der Waals surface area contributed by atoms with E-state index < -0.39 is 5.92 Å². The zero-order valence-corrected chi connectivity index (χ0v) is 15.6. The predicted molar refractivity (Wildman–Crippen MR) is 98.9 cm³/mol. The summed E-state index contributed by atoms with van der Waals surface area (Å²) >= 11 is 3.49. The fourth-order valence-corrected chi connectivity index (χ4v) is 4.23. The highest BCUT2D eigenvalue weighted by molar-refractivity contribution is 9.10. The van der Waals surface area contributed by atoms with Crippen molar-refractivity contribution in [1.29, 1.82) is 0 Å². The number of hydrogen-bond donors (Lipinski definition) is 1. The second-order valence-electron chi connectivity index (χ2n) is 6.83. The first-order valence-corrected chi connectivity index (χ1v) is 9.82. The highest BCUT2D eigenvalue weighted by atomic mass is 79.9. The lowest BCUT2D eigenvalue weighted by molar-refractivity contribution is -0.132. The van der Waals surface area contributed by atoms with Crippen LogP contribution in [0.5, 0.6) is 0 Å². The minimum atomic E-state index is -0.539. The monoisotopic (exact) mass is 392 g/mol. The van der Waals surface area contributed by atoms with E-state index in [4.69, 9.17) is 0 Å². The fourth-order valence-electron chi connectivity index (χ4n) is 3.74. The highest BCUT2D eigenvalue weighted by Crippen LogP contribution is 2.31. The standard InChI is InChI=1S/C19H25BrN2O2/c20-16-10-6-7-11-17(16)22-13-12-15(19(22)24)18(23)21-14-8-4-2-1-3-5-9-14/h6-7,10-11,14-15H,1-5,8-9,12-13H2,(H,21,23). The van der Waals surface area contributed by atoms with Gasteiger partial charge in [-0.1, -0.05) is 44.2 Å². The minimum Gasteiger partial charge on any atom is -0.353 e. The van der Waals surface area contributed by atoms with Crippen LogP contribution in [0.25, 0.3) is 0 Å². The largest absolute Gasteiger partial charge is 0.353 e. The van der Waals surface area contributed by atoms with Gasteiger partial charge < -0.3 is 10.2 Å². The summed E-state index contributed by atoms with van der Waals surface area (Å²) in [5.41, 5.74) is 0.851. The Balaban J connectivity index is 1.62. The maximum atomic E-state index is 12.7. The summed E-state index contributed by atoms with van der Waals surface area (Å²) in [4.78, 5) is 27.1. The second kappa shape index (κ2) is 8.15. The first kappa shape index (κ1) is 17.5. The molecule has 1 aromatic rings. The molecular formula is C19H25BrN2O2. The zero-order chi connectivity index (χ0) is 16.9. The Morgan fingerprint density at radius 3 is 2.42 bits per heavy atom. The quantitative estimate of drug-likeness (QED) is 0.789. The number of carbonyl (C=O) groups is 2. The SMILES string of the molecule is O=C(NC1CCCCCCC1)C1CCN(c2ccccc2Br)C1=O. The Morgan fingerprint density at radius 1 is 1.04 bits per heavy atom. The van der Waals surface area contributed by atoms with Gasteiger partial charge in [0.1, 0.15) is 5.92 Å². The van der Waals surface area contributed by atoms with Gasteiger partial charge in [-0.05, 0) is 47.3 Å². The number of amides is 2. The average molecular weight is 393 g/mol. The average Bonchev–Trinajstić information content (AvgIpc) is 2.92. The number of carbonyl (C=O) groups excluding carboxylic acids is 2. The smallest absolute Gasteiger partial charge is 0.239 e. The molecule has 24 heavy (non-hydrogen) atoms. The van der Waals surface area contributed by atoms with Gasteiger partial charge in [-0.3, -0.25) is 9.59 Å². The summed E-state index contributed by atoms with van der Waals surface area (Å²) in [6.07, 6.45) is 8.84. The molecule has 0 bridgehead atoms. The first-order valence-electron chi connectivity index (χ1n) is 9.03. The van der Waals surface area contributed by atoms with Gasteiger partial charge in [-0.25, -0.2) is 0 Å². The van der Waals surface area contributed by atoms with Crippen LogP contribution in [0.4, 0.5) is 5.69 Å². The number of hydrogen-bond acceptors (Lipinski definition) is 2. The molecule has 130 valence electrons. The van der Waals surface area contributed by atoms with Crippen LogP contribution in [-0.2, 0) is 9.59 Å². The Morgan fingerprint density at radius 2 is 1.71 bits per heavy atom. The van der Waals surface area contributed by atoms with Crippen molar-refractivity contribution in [1.82, 2.24) is 5.32 Å². The van der Waals surface area contributed by atoms with Crippen LogP contribution in [-0.4, -0.2) is 24.4 Å². The summed E-state index contributed by atoms with van der Waals surface area (Å²) in [5, 5.41) is 3.15. The van der Waals surface area contributed by atoms with Crippen LogP contribution in [0.2, 0.25) is 0 Å². The lowest BCUT2D eigenvalue weighted by Crippen LogP contribution is -2.42. The Kier molecular flexibility index (Phi) is 5.93. The number of para-hydroxylation sites is 1. The third-order valence-corrected chi connectivity index (χ3v) is 5.79. The zero-order valence-electron chi connectivity index (χ0n) is 14.0. The van der Waals surface area contributed by atoms with Gasteiger partial charge >= 0.3 is 0 Å². The second-order valence-corrected chi connectivity index (χ2v) is 7.69. The van der Waals surface area contributed by atoms with E-state index in [0.717, 1.165) is 23.0 Å². The van der Waals surface area contributed by atoms with Crippen molar-refractivity contribution >= 4 is 33.4 Å². The topological polar surface area (TPSA) is 49.4 Å². The van der Waals surface area contributed by atoms with Crippen LogP contribution in [0.15, 0.2) is 28.7 Å². The van der Waals surface area contributed by atoms with Gasteiger partial charge in [0.25, 0.3) is 0 Å². The van der Waals surface area contributed by atoms with Crippen LogP contribution in [0.3, 0.4) is 0 Å². The minimum absolute atomic E-state index is 0.0785. The van der Waals surface area contributed by atoms with Crippen molar-refractivity contribution < 1.29 is 9.59 Å². The molecule has 1 unspecified atom stereocenters. The lowest BCUT2D eigenvalue weighted by Gasteiger charge is -2.23. The number of anilines is 1. The Hall–Kier alpha value is -1.36. The van der Waals surface area contributed by atoms with Crippen molar-refractivity contribution in [2.75, 3.05) is 11.4 Å². The van der Waals surface area contributed by atoms with E-state index in [1.165, 1.54) is 32.1 Å². The third kappa shape index (κ3) is 4.00. The molecule has 2 fully saturated rings. The molecule has 5 heteroatoms. The molecule has 2 aliphatic rings. The molecule has 1 atom stereocenters. The van der Waals surface area contributed by atoms with Gasteiger partial charge in [0.15, 0.2) is 0 Å². The molecular weight excluding hydrogens is 368 g/mol. The molecule has 2 amide bonds. The van der Waals surface area contributed by atoms with E-state index in [2.05, 4.69) is 21.2 Å². The van der Waals surface area contributed by atoms with Crippen LogP contribution in [0.1, 0.15) is 51.4 Å². The molecule has 4 nitrogen and oxygen atoms in total. The number of benzene rings is 1. The van der Waals surface area contributed by atoms with E-state index in [1.807, 2.05) is 24.3 Å². The van der Waals surface area contributed by atoms with E-state index in [0.29, 0.717) is 13.0 Å². The van der Waals surface area contributed by atoms with Crippen molar-refractivity contribution in [3.63, 3.8) is 0 Å². The third-order valence-electron chi connectivity index (χ3n) is 5.12. The molecule has 0 aromatic heterocycles. The molecule has 3 rings (SSSR count). The van der Waals surface area contributed by atoms with E-state index >= 15 is 0 Å². The van der Waals surface area contributed by atoms with Gasteiger partial charge in [0.2, 0.25) is 11.8 Å². The number of nitrogens with zero attached hydrogens (tertiary/aromatic N) is 1. The van der Waals surface area contributed by atoms with Crippen LogP contribution in [0, 0.1) is 5.92 Å². The number of halogens is 1. The summed E-state index contributed by atoms with van der Waals surface area (Å²) in [5.74, 6) is -0.701. The Labute approximate surface area is 152 Å². The van der Waals surface area contributed by atoms with Gasteiger partial charge in [-0.2, -0.15) is 0 Å². The molecule has 0 spiro atoms. The first-order chi connectivity index (χ1) is 11.7. The van der Waals surface area contributed by atoms with Gasteiger partial charge in [-0.15, -0.1) is 0 Å². The number of nitrogens with one attached hydrogen (secondary N) is 1. The maximum Gasteiger partial charge on any atom is 0.239 e. The summed E-state index contributed by atoms with van der Waals surface area (Å²) in [7, 11) is 0. The van der Waals surface area contributed by atoms with E-state index in [9.17, 15) is 9.59 Å². The van der Waals surface area contributed by atoms with Crippen LogP contribution < -0.4 is 10.2 Å². The summed E-state index contributed by atoms with van der Waals surface area (Å²) < 4.78 is 0.888. The molecule has 1 N–H and O–H groups in total. The lowest BCUT2D eigenvalue weighted by atomic mass is 9.96. The van der Waals surface area contributed by atoms with Crippen LogP contribution >= 0.6 is 15.9 Å². The van der Waals surface area contributed by atoms with E-state index in [1.54, 1.807) is 4.90 Å². The molecule has 1 aliphatic heterocycles. The summed E-state index contributed by atoms with van der Waals surface area (Å²) in [6.45, 7) is 0.601. The normalized spacial score (nSPS) is 23.0. The number of rotatable bonds is 3. The molecule has 0 radical (unpaired) electrons. The predicted octanol–water partition coefficient (Wildman–Crippen LogP) is 4.03. The van der Waals surface area contributed by atoms with Gasteiger partial charge in [0.05, 0.1) is 5.69 Å². The maximum absolute atomic E-state index is 12.7. The molecule has 1 heterocycles. The van der Waals surface area contributed by atoms with Crippen molar-refractivity contribution in [2.24, 2.45) is 5.92 Å². The molecule has 1 aromatic carbocycles. The fraction of sp³-hybridized carbons (Fsp3) is 0.579. The van der Waals surface area contributed by atoms with Crippen molar-refractivity contribution in [2.45, 2.75) is 57.4 Å². The molecule has 1 aliphatic carbocycles. The van der Waals surface area contributed by atoms with Gasteiger partial charge in [0, 0.05) is 17.1 Å². The molecule has 1 saturated heterocycles. The van der Waals surface area contributed by atoms with Crippen molar-refractivity contribution in [3.8, 4) is 0 Å². The van der Waals surface area contributed by atoms with Crippen molar-refractivity contribution in [3.05, 3.63) is 28.7 Å².